The van der Waals surface area contributed by atoms with Crippen LogP contribution in [-0.2, 0) is 19.6 Å². The number of nitro groups is 1. The molecule has 12 heteroatoms. The molecule has 1 unspecified atom stereocenters. The summed E-state index contributed by atoms with van der Waals surface area (Å²) in [7, 11) is -3.77. The highest BCUT2D eigenvalue weighted by molar-refractivity contribution is 7.91. The van der Waals surface area contributed by atoms with E-state index in [1.807, 2.05) is 0 Å². The molecule has 0 spiro atoms. The highest BCUT2D eigenvalue weighted by Crippen LogP contribution is 2.31. The van der Waals surface area contributed by atoms with Gasteiger partial charge in [0.25, 0.3) is 10.0 Å². The van der Waals surface area contributed by atoms with E-state index in [1.54, 1.807) is 0 Å². The van der Waals surface area contributed by atoms with E-state index in [9.17, 15) is 23.3 Å². The number of thiophene rings is 1. The van der Waals surface area contributed by atoms with Crippen molar-refractivity contribution in [2.45, 2.75) is 35.2 Å². The van der Waals surface area contributed by atoms with Gasteiger partial charge in [0.2, 0.25) is 0 Å². The summed E-state index contributed by atoms with van der Waals surface area (Å²) in [6.07, 6.45) is 0.953. The Morgan fingerprint density at radius 1 is 1.29 bits per heavy atom. The van der Waals surface area contributed by atoms with Crippen molar-refractivity contribution in [1.82, 2.24) is 14.5 Å². The van der Waals surface area contributed by atoms with Gasteiger partial charge in [-0.1, -0.05) is 0 Å². The molecule has 28 heavy (non-hydrogen) atoms. The zero-order valence-electron chi connectivity index (χ0n) is 15.2. The minimum atomic E-state index is -3.77. The van der Waals surface area contributed by atoms with Gasteiger partial charge in [0.1, 0.15) is 9.99 Å². The zero-order valence-corrected chi connectivity index (χ0v) is 16.8. The molecule has 3 aliphatic rings. The molecule has 0 aliphatic carbocycles. The van der Waals surface area contributed by atoms with E-state index in [1.165, 1.54) is 16.4 Å². The normalized spacial score (nSPS) is 29.7. The van der Waals surface area contributed by atoms with Crippen molar-refractivity contribution in [3.63, 3.8) is 0 Å². The minimum Gasteiger partial charge on any atom is -0.378 e. The first kappa shape index (κ1) is 19.9. The summed E-state index contributed by atoms with van der Waals surface area (Å²) >= 11 is 0.679. The molecule has 4 heterocycles. The first-order chi connectivity index (χ1) is 13.3. The number of piperidine rings is 1. The molecule has 10 nitrogen and oxygen atoms in total. The molecule has 0 saturated carbocycles. The van der Waals surface area contributed by atoms with Gasteiger partial charge in [-0.25, -0.2) is 8.42 Å². The van der Waals surface area contributed by atoms with Crippen LogP contribution < -0.4 is 5.32 Å². The molecule has 3 saturated heterocycles. The summed E-state index contributed by atoms with van der Waals surface area (Å²) in [6, 6.07) is 2.55. The summed E-state index contributed by atoms with van der Waals surface area (Å²) in [5.74, 6) is 0.259. The highest BCUT2D eigenvalue weighted by atomic mass is 32.2. The van der Waals surface area contributed by atoms with Crippen LogP contribution in [0, 0.1) is 10.1 Å². The summed E-state index contributed by atoms with van der Waals surface area (Å²) in [5.41, 5.74) is 0. The second-order valence-corrected chi connectivity index (χ2v) is 10.6. The van der Waals surface area contributed by atoms with Gasteiger partial charge in [-0.2, -0.15) is 4.31 Å². The molecule has 1 N–H and O–H groups in total. The summed E-state index contributed by atoms with van der Waals surface area (Å²) in [5, 5.41) is 14.0. The fourth-order valence-electron chi connectivity index (χ4n) is 4.15. The van der Waals surface area contributed by atoms with Crippen LogP contribution >= 0.6 is 11.3 Å². The molecular weight excluding hydrogens is 408 g/mol. The number of hydrogen-bond donors (Lipinski definition) is 1. The molecule has 3 fully saturated rings. The number of Topliss-reactive ketones (excluding diaryl/α,β-unsaturated/α-hetero) is 1. The number of carbonyl (C=O) groups excluding carboxylic acids is 1. The number of carbonyl (C=O) groups is 1. The molecule has 3 aliphatic heterocycles. The van der Waals surface area contributed by atoms with E-state index in [0.717, 1.165) is 0 Å². The van der Waals surface area contributed by atoms with Crippen LogP contribution in [0.3, 0.4) is 0 Å². The maximum Gasteiger partial charge on any atom is 0.325 e. The fourth-order valence-corrected chi connectivity index (χ4v) is 6.90. The van der Waals surface area contributed by atoms with Gasteiger partial charge in [-0.3, -0.25) is 19.8 Å². The van der Waals surface area contributed by atoms with Gasteiger partial charge in [-0.05, 0) is 17.4 Å². The Morgan fingerprint density at radius 3 is 2.64 bits per heavy atom. The number of sulfonamides is 1. The van der Waals surface area contributed by atoms with Crippen LogP contribution in [0.2, 0.25) is 0 Å². The summed E-state index contributed by atoms with van der Waals surface area (Å²) < 4.78 is 32.8. The quantitative estimate of drug-likeness (QED) is 0.514. The van der Waals surface area contributed by atoms with Gasteiger partial charge >= 0.3 is 5.00 Å². The number of ketones is 1. The third kappa shape index (κ3) is 3.84. The zero-order chi connectivity index (χ0) is 19.9. The first-order valence-electron chi connectivity index (χ1n) is 9.17. The van der Waals surface area contributed by atoms with Crippen LogP contribution in [0.25, 0.3) is 0 Å². The second-order valence-electron chi connectivity index (χ2n) is 7.35. The van der Waals surface area contributed by atoms with Gasteiger partial charge in [0.15, 0.2) is 0 Å². The molecule has 154 valence electrons. The first-order valence-corrected chi connectivity index (χ1v) is 11.4. The average molecular weight is 431 g/mol. The Kier molecular flexibility index (Phi) is 5.51. The minimum absolute atomic E-state index is 0.00584. The van der Waals surface area contributed by atoms with Gasteiger partial charge in [0, 0.05) is 63.2 Å². The standard InChI is InChI=1S/C16H22N4O6S2/c21-14-5-12-9-26-10-13(6-14)19(12)8-11-7-18(4-3-17-11)28(24,25)16-2-1-15(27-16)20(22)23/h1-2,11-13,17H,3-10H2/t11-,12+,13?/m1/s1. The average Bonchev–Trinajstić information content (AvgIpc) is 3.14. The van der Waals surface area contributed by atoms with Crippen LogP contribution in [0.5, 0.6) is 0 Å². The molecule has 3 atom stereocenters. The van der Waals surface area contributed by atoms with Gasteiger partial charge in [-0.15, -0.1) is 0 Å². The maximum absolute atomic E-state index is 12.9. The number of morpholine rings is 1. The number of piperazine rings is 1. The van der Waals surface area contributed by atoms with Crippen LogP contribution in [0.1, 0.15) is 12.8 Å². The topological polar surface area (TPSA) is 122 Å². The Labute approximate surface area is 166 Å². The van der Waals surface area contributed by atoms with Crippen LogP contribution in [-0.4, -0.2) is 85.8 Å². The smallest absolute Gasteiger partial charge is 0.325 e. The van der Waals surface area contributed by atoms with E-state index in [0.29, 0.717) is 63.6 Å². The SMILES string of the molecule is O=C1CC2COC[C@H](C1)N2C[C@H]1CN(S(=O)(=O)c2ccc([N+](=O)[O-])s2)CCN1. The number of ether oxygens (including phenoxy) is 1. The third-order valence-corrected chi connectivity index (χ3v) is 8.85. The molecule has 1 aromatic heterocycles. The molecule has 1 aromatic rings. The molecular formula is C16H22N4O6S2. The van der Waals surface area contributed by atoms with E-state index in [-0.39, 0.29) is 33.1 Å². The van der Waals surface area contributed by atoms with E-state index < -0.39 is 14.9 Å². The predicted octanol–water partition coefficient (Wildman–Crippen LogP) is 0.0511. The van der Waals surface area contributed by atoms with E-state index >= 15 is 0 Å². The van der Waals surface area contributed by atoms with Crippen molar-refractivity contribution < 1.29 is 22.9 Å². The fraction of sp³-hybridized carbons (Fsp3) is 0.688. The monoisotopic (exact) mass is 430 g/mol. The Hall–Kier alpha value is -1.44. The van der Waals surface area contributed by atoms with Gasteiger partial charge < -0.3 is 10.1 Å². The largest absolute Gasteiger partial charge is 0.378 e. The Balaban J connectivity index is 1.45. The molecule has 0 amide bonds. The lowest BCUT2D eigenvalue weighted by Crippen LogP contribution is -2.63. The van der Waals surface area contributed by atoms with Gasteiger partial charge in [0.05, 0.1) is 18.1 Å². The molecule has 0 radical (unpaired) electrons. The molecule has 2 bridgehead atoms. The number of nitrogens with one attached hydrogen (secondary N) is 1. The van der Waals surface area contributed by atoms with E-state index in [2.05, 4.69) is 10.2 Å². The van der Waals surface area contributed by atoms with E-state index in [4.69, 9.17) is 4.74 Å². The predicted molar refractivity (Wildman–Crippen MR) is 101 cm³/mol. The van der Waals surface area contributed by atoms with Crippen molar-refractivity contribution in [2.24, 2.45) is 0 Å². The summed E-state index contributed by atoms with van der Waals surface area (Å²) in [6.45, 7) is 2.81. The van der Waals surface area contributed by atoms with Crippen molar-refractivity contribution in [1.29, 1.82) is 0 Å². The van der Waals surface area contributed by atoms with Crippen molar-refractivity contribution in [2.75, 3.05) is 39.4 Å². The number of hydrogen-bond acceptors (Lipinski definition) is 9. The molecule has 0 aromatic carbocycles. The number of nitrogens with zero attached hydrogens (tertiary/aromatic N) is 3. The van der Waals surface area contributed by atoms with Crippen LogP contribution in [0.15, 0.2) is 16.3 Å². The maximum atomic E-state index is 12.9. The lowest BCUT2D eigenvalue weighted by molar-refractivity contribution is -0.380. The lowest BCUT2D eigenvalue weighted by atomic mass is 9.92. The summed E-state index contributed by atoms with van der Waals surface area (Å²) in [4.78, 5) is 24.4. The molecule has 4 rings (SSSR count). The number of rotatable bonds is 5. The number of fused-ring (bicyclic) bond motifs is 2. The highest BCUT2D eigenvalue weighted by Gasteiger charge is 2.40. The Bertz CT molecular complexity index is 856. The van der Waals surface area contributed by atoms with Crippen molar-refractivity contribution in [3.05, 3.63) is 22.2 Å². The lowest BCUT2D eigenvalue weighted by Gasteiger charge is -2.47. The second kappa shape index (κ2) is 7.76. The van der Waals surface area contributed by atoms with Crippen molar-refractivity contribution in [3.8, 4) is 0 Å². The van der Waals surface area contributed by atoms with Crippen molar-refractivity contribution >= 4 is 32.1 Å². The third-order valence-electron chi connectivity index (χ3n) is 5.48. The van der Waals surface area contributed by atoms with Crippen LogP contribution in [0.4, 0.5) is 5.00 Å². The Morgan fingerprint density at radius 2 is 2.00 bits per heavy atom.